The van der Waals surface area contributed by atoms with Crippen LogP contribution in [0.5, 0.6) is 0 Å². The van der Waals surface area contributed by atoms with E-state index in [2.05, 4.69) is 24.1 Å². The molecule has 0 aromatic carbocycles. The molecule has 1 amide bonds. The first-order valence-electron chi connectivity index (χ1n) is 6.57. The Morgan fingerprint density at radius 2 is 2.24 bits per heavy atom. The summed E-state index contributed by atoms with van der Waals surface area (Å²) in [5, 5.41) is 13.4. The topological polar surface area (TPSA) is 94.4 Å². The van der Waals surface area contributed by atoms with E-state index < -0.39 is 10.8 Å². The average molecular weight is 316 g/mol. The summed E-state index contributed by atoms with van der Waals surface area (Å²) < 4.78 is 5.35. The van der Waals surface area contributed by atoms with Crippen LogP contribution in [0.25, 0.3) is 0 Å². The van der Waals surface area contributed by atoms with Gasteiger partial charge in [-0.15, -0.1) is 0 Å². The third-order valence-corrected chi connectivity index (χ3v) is 2.87. The largest absolute Gasteiger partial charge is 0.380 e. The quantitative estimate of drug-likeness (QED) is 0.344. The molecular formula is C13H18ClN3O4. The molecule has 1 N–H and O–H groups in total. The smallest absolute Gasteiger partial charge is 0.300 e. The van der Waals surface area contributed by atoms with Crippen molar-refractivity contribution in [3.05, 3.63) is 33.1 Å². The molecule has 1 aromatic heterocycles. The van der Waals surface area contributed by atoms with Crippen molar-refractivity contribution < 1.29 is 14.5 Å². The predicted octanol–water partition coefficient (Wildman–Crippen LogP) is 2.44. The molecule has 0 aliphatic rings. The van der Waals surface area contributed by atoms with Crippen molar-refractivity contribution in [2.75, 3.05) is 19.8 Å². The van der Waals surface area contributed by atoms with Crippen LogP contribution in [0.2, 0.25) is 5.15 Å². The first kappa shape index (κ1) is 17.3. The van der Waals surface area contributed by atoms with E-state index in [1.807, 2.05) is 0 Å². The molecule has 8 heteroatoms. The highest BCUT2D eigenvalue weighted by molar-refractivity contribution is 6.29. The lowest BCUT2D eigenvalue weighted by molar-refractivity contribution is -0.385. The van der Waals surface area contributed by atoms with Crippen LogP contribution in [-0.2, 0) is 4.74 Å². The van der Waals surface area contributed by atoms with E-state index in [-0.39, 0.29) is 22.9 Å². The van der Waals surface area contributed by atoms with Crippen LogP contribution in [0.4, 0.5) is 5.69 Å². The number of nitrogens with zero attached hydrogens (tertiary/aromatic N) is 2. The number of amides is 1. The Morgan fingerprint density at radius 3 is 2.86 bits per heavy atom. The Labute approximate surface area is 127 Å². The third-order valence-electron chi connectivity index (χ3n) is 2.66. The van der Waals surface area contributed by atoms with Gasteiger partial charge in [-0.05, 0) is 18.4 Å². The second-order valence-corrected chi connectivity index (χ2v) is 5.22. The van der Waals surface area contributed by atoms with Gasteiger partial charge in [0.2, 0.25) is 0 Å². The van der Waals surface area contributed by atoms with Crippen molar-refractivity contribution in [2.45, 2.75) is 20.3 Å². The summed E-state index contributed by atoms with van der Waals surface area (Å²) in [6.45, 7) is 5.43. The molecule has 116 valence electrons. The fourth-order valence-electron chi connectivity index (χ4n) is 1.50. The van der Waals surface area contributed by atoms with Gasteiger partial charge in [0, 0.05) is 13.2 Å². The SMILES string of the molecule is CC(C)CCOCCNC(=O)c1cc(Cl)ncc1[N+](=O)[O-]. The second kappa shape index (κ2) is 8.53. The number of pyridine rings is 1. The maximum atomic E-state index is 11.9. The van der Waals surface area contributed by atoms with Crippen molar-refractivity contribution in [3.63, 3.8) is 0 Å². The highest BCUT2D eigenvalue weighted by Gasteiger charge is 2.20. The molecule has 1 aromatic rings. The first-order chi connectivity index (χ1) is 9.91. The van der Waals surface area contributed by atoms with Crippen LogP contribution >= 0.6 is 11.6 Å². The standard InChI is InChI=1S/C13H18ClN3O4/c1-9(2)3-5-21-6-4-15-13(18)10-7-12(14)16-8-11(10)17(19)20/h7-9H,3-6H2,1-2H3,(H,15,18). The van der Waals surface area contributed by atoms with Gasteiger partial charge in [0.15, 0.2) is 0 Å². The van der Waals surface area contributed by atoms with Crippen LogP contribution in [-0.4, -0.2) is 35.6 Å². The fourth-order valence-corrected chi connectivity index (χ4v) is 1.66. The van der Waals surface area contributed by atoms with E-state index in [0.29, 0.717) is 19.1 Å². The predicted molar refractivity (Wildman–Crippen MR) is 78.5 cm³/mol. The Bertz CT molecular complexity index is 508. The monoisotopic (exact) mass is 315 g/mol. The van der Waals surface area contributed by atoms with Gasteiger partial charge in [-0.25, -0.2) is 4.98 Å². The Balaban J connectivity index is 2.49. The summed E-state index contributed by atoms with van der Waals surface area (Å²) in [5.41, 5.74) is -0.486. The Morgan fingerprint density at radius 1 is 1.52 bits per heavy atom. The fraction of sp³-hybridized carbons (Fsp3) is 0.538. The van der Waals surface area contributed by atoms with Gasteiger partial charge in [0.25, 0.3) is 11.6 Å². The number of halogens is 1. The number of hydrogen-bond donors (Lipinski definition) is 1. The molecule has 1 heterocycles. The van der Waals surface area contributed by atoms with E-state index in [9.17, 15) is 14.9 Å². The van der Waals surface area contributed by atoms with Gasteiger partial charge in [-0.2, -0.15) is 0 Å². The van der Waals surface area contributed by atoms with Crippen molar-refractivity contribution in [2.24, 2.45) is 5.92 Å². The van der Waals surface area contributed by atoms with Gasteiger partial charge in [-0.1, -0.05) is 25.4 Å². The molecule has 0 unspecified atom stereocenters. The van der Waals surface area contributed by atoms with E-state index in [0.717, 1.165) is 12.6 Å². The zero-order valence-corrected chi connectivity index (χ0v) is 12.7. The summed E-state index contributed by atoms with van der Waals surface area (Å²) in [7, 11) is 0. The average Bonchev–Trinajstić information content (AvgIpc) is 2.41. The van der Waals surface area contributed by atoms with E-state index in [4.69, 9.17) is 16.3 Å². The number of nitro groups is 1. The second-order valence-electron chi connectivity index (χ2n) is 4.83. The minimum Gasteiger partial charge on any atom is -0.380 e. The number of hydrogen-bond acceptors (Lipinski definition) is 5. The number of carbonyl (C=O) groups excluding carboxylic acids is 1. The number of nitrogens with one attached hydrogen (secondary N) is 1. The normalized spacial score (nSPS) is 10.7. The molecule has 0 bridgehead atoms. The van der Waals surface area contributed by atoms with Crippen molar-refractivity contribution >= 4 is 23.2 Å². The molecule has 0 atom stereocenters. The van der Waals surface area contributed by atoms with Crippen molar-refractivity contribution in [1.82, 2.24) is 10.3 Å². The maximum Gasteiger partial charge on any atom is 0.300 e. The maximum absolute atomic E-state index is 11.9. The highest BCUT2D eigenvalue weighted by Crippen LogP contribution is 2.19. The molecule has 7 nitrogen and oxygen atoms in total. The summed E-state index contributed by atoms with van der Waals surface area (Å²) >= 11 is 5.66. The molecule has 0 radical (unpaired) electrons. The van der Waals surface area contributed by atoms with Crippen molar-refractivity contribution in [1.29, 1.82) is 0 Å². The van der Waals surface area contributed by atoms with Crippen LogP contribution in [0, 0.1) is 16.0 Å². The summed E-state index contributed by atoms with van der Waals surface area (Å²) in [4.78, 5) is 25.7. The van der Waals surface area contributed by atoms with Crippen LogP contribution < -0.4 is 5.32 Å². The number of carbonyl (C=O) groups is 1. The summed E-state index contributed by atoms with van der Waals surface area (Å²) in [6, 6.07) is 1.18. The lowest BCUT2D eigenvalue weighted by Gasteiger charge is -2.08. The Kier molecular flexibility index (Phi) is 7.04. The van der Waals surface area contributed by atoms with Gasteiger partial charge in [0.05, 0.1) is 11.5 Å². The molecule has 0 spiro atoms. The molecule has 21 heavy (non-hydrogen) atoms. The van der Waals surface area contributed by atoms with Gasteiger partial charge < -0.3 is 10.1 Å². The summed E-state index contributed by atoms with van der Waals surface area (Å²) in [6.07, 6.45) is 1.91. The number of rotatable bonds is 8. The van der Waals surface area contributed by atoms with Crippen LogP contribution in [0.3, 0.4) is 0 Å². The van der Waals surface area contributed by atoms with E-state index >= 15 is 0 Å². The van der Waals surface area contributed by atoms with E-state index in [1.54, 1.807) is 0 Å². The third kappa shape index (κ3) is 6.05. The molecule has 0 aliphatic carbocycles. The van der Waals surface area contributed by atoms with Crippen LogP contribution in [0.15, 0.2) is 12.3 Å². The molecule has 0 aliphatic heterocycles. The van der Waals surface area contributed by atoms with Gasteiger partial charge in [0.1, 0.15) is 16.9 Å². The molecule has 1 rings (SSSR count). The zero-order valence-electron chi connectivity index (χ0n) is 12.0. The molecular weight excluding hydrogens is 298 g/mol. The first-order valence-corrected chi connectivity index (χ1v) is 6.95. The minimum absolute atomic E-state index is 0.0268. The molecule has 0 saturated carbocycles. The lowest BCUT2D eigenvalue weighted by atomic mass is 10.1. The minimum atomic E-state index is -0.669. The molecule has 0 saturated heterocycles. The number of ether oxygens (including phenoxy) is 1. The molecule has 0 fully saturated rings. The zero-order chi connectivity index (χ0) is 15.8. The van der Waals surface area contributed by atoms with E-state index in [1.165, 1.54) is 6.07 Å². The Hall–Kier alpha value is -1.73. The van der Waals surface area contributed by atoms with Gasteiger partial charge in [-0.3, -0.25) is 14.9 Å². The summed E-state index contributed by atoms with van der Waals surface area (Å²) in [5.74, 6) is -0.0142. The highest BCUT2D eigenvalue weighted by atomic mass is 35.5. The lowest BCUT2D eigenvalue weighted by Crippen LogP contribution is -2.28. The van der Waals surface area contributed by atoms with Crippen molar-refractivity contribution in [3.8, 4) is 0 Å². The van der Waals surface area contributed by atoms with Crippen LogP contribution in [0.1, 0.15) is 30.6 Å². The number of aromatic nitrogens is 1. The van der Waals surface area contributed by atoms with Gasteiger partial charge >= 0.3 is 0 Å².